The molecule has 1 N–H and O–H groups in total. The summed E-state index contributed by atoms with van der Waals surface area (Å²) in [6.45, 7) is 8.71. The highest BCUT2D eigenvalue weighted by Gasteiger charge is 2.09. The second kappa shape index (κ2) is 6.43. The smallest absolute Gasteiger partial charge is 0.0762 e. The van der Waals surface area contributed by atoms with E-state index in [0.29, 0.717) is 0 Å². The van der Waals surface area contributed by atoms with Crippen LogP contribution in [0.4, 0.5) is 0 Å². The average molecular weight is 254 g/mol. The molecule has 0 saturated heterocycles. The van der Waals surface area contributed by atoms with Gasteiger partial charge in [0.1, 0.15) is 0 Å². The lowest BCUT2D eigenvalue weighted by Crippen LogP contribution is -2.20. The highest BCUT2D eigenvalue weighted by molar-refractivity contribution is 7.99. The molecule has 1 atom stereocenters. The van der Waals surface area contributed by atoms with E-state index in [1.807, 2.05) is 18.2 Å². The molecule has 0 bridgehead atoms. The van der Waals surface area contributed by atoms with Crippen molar-refractivity contribution in [3.63, 3.8) is 0 Å². The molecule has 1 aromatic carbocycles. The number of hydrogen-bond donors (Lipinski definition) is 1. The van der Waals surface area contributed by atoms with Gasteiger partial charge in [-0.15, -0.1) is 11.8 Å². The van der Waals surface area contributed by atoms with Crippen molar-refractivity contribution in [1.29, 1.82) is 0 Å². The minimum atomic E-state index is -0.402. The van der Waals surface area contributed by atoms with Crippen molar-refractivity contribution >= 4 is 11.8 Å². The molecule has 0 radical (unpaired) electrons. The molecule has 1 aromatic rings. The van der Waals surface area contributed by atoms with Gasteiger partial charge in [-0.1, -0.05) is 12.1 Å². The van der Waals surface area contributed by atoms with Gasteiger partial charge in [-0.2, -0.15) is 0 Å². The molecule has 0 amide bonds. The fourth-order valence-electron chi connectivity index (χ4n) is 1.37. The summed E-state index contributed by atoms with van der Waals surface area (Å²) in [5.74, 6) is 0.931. The van der Waals surface area contributed by atoms with Gasteiger partial charge < -0.3 is 9.84 Å². The Morgan fingerprint density at radius 1 is 1.35 bits per heavy atom. The first kappa shape index (κ1) is 14.6. The maximum absolute atomic E-state index is 9.49. The van der Waals surface area contributed by atoms with Crippen LogP contribution in [-0.4, -0.2) is 23.1 Å². The Morgan fingerprint density at radius 3 is 2.65 bits per heavy atom. The number of aliphatic hydroxyl groups is 1. The van der Waals surface area contributed by atoms with Gasteiger partial charge >= 0.3 is 0 Å². The lowest BCUT2D eigenvalue weighted by Gasteiger charge is -2.19. The zero-order chi connectivity index (χ0) is 12.9. The third-order valence-electron chi connectivity index (χ3n) is 2.23. The van der Waals surface area contributed by atoms with Crippen LogP contribution in [0.1, 0.15) is 39.4 Å². The largest absolute Gasteiger partial charge is 0.389 e. The minimum Gasteiger partial charge on any atom is -0.389 e. The van der Waals surface area contributed by atoms with E-state index in [0.717, 1.165) is 17.9 Å². The third kappa shape index (κ3) is 6.10. The molecule has 0 heterocycles. The lowest BCUT2D eigenvalue weighted by molar-refractivity contribution is 0.00695. The standard InChI is InChI=1S/C14H22O2S/c1-11(15)12-6-5-7-13(10-12)17-9-8-16-14(2,3)4/h5-7,10-11,15H,8-9H2,1-4H3. The van der Waals surface area contributed by atoms with Gasteiger partial charge in [-0.25, -0.2) is 0 Å². The molecule has 1 rings (SSSR count). The van der Waals surface area contributed by atoms with Crippen LogP contribution in [0.5, 0.6) is 0 Å². The molecule has 96 valence electrons. The highest BCUT2D eigenvalue weighted by Crippen LogP contribution is 2.22. The summed E-state index contributed by atoms with van der Waals surface area (Å²) in [5.41, 5.74) is 0.897. The van der Waals surface area contributed by atoms with Crippen LogP contribution >= 0.6 is 11.8 Å². The maximum atomic E-state index is 9.49. The van der Waals surface area contributed by atoms with Crippen LogP contribution in [0.2, 0.25) is 0 Å². The molecule has 2 nitrogen and oxygen atoms in total. The molecule has 0 aliphatic carbocycles. The third-order valence-corrected chi connectivity index (χ3v) is 3.19. The molecule has 0 saturated carbocycles. The van der Waals surface area contributed by atoms with Crippen LogP contribution in [0.25, 0.3) is 0 Å². The molecule has 0 fully saturated rings. The Morgan fingerprint density at radius 2 is 2.06 bits per heavy atom. The topological polar surface area (TPSA) is 29.5 Å². The van der Waals surface area contributed by atoms with Crippen LogP contribution in [0.3, 0.4) is 0 Å². The second-order valence-corrected chi connectivity index (χ2v) is 6.23. The number of aliphatic hydroxyl groups excluding tert-OH is 1. The molecule has 1 unspecified atom stereocenters. The van der Waals surface area contributed by atoms with Crippen molar-refractivity contribution in [3.05, 3.63) is 29.8 Å². The fraction of sp³-hybridized carbons (Fsp3) is 0.571. The van der Waals surface area contributed by atoms with Crippen LogP contribution in [0, 0.1) is 0 Å². The zero-order valence-electron chi connectivity index (χ0n) is 11.1. The van der Waals surface area contributed by atoms with Crippen molar-refractivity contribution in [1.82, 2.24) is 0 Å². The molecule has 0 spiro atoms. The molecule has 0 aromatic heterocycles. The van der Waals surface area contributed by atoms with E-state index in [1.165, 1.54) is 4.90 Å². The number of rotatable bonds is 5. The normalized spacial score (nSPS) is 13.7. The van der Waals surface area contributed by atoms with E-state index in [1.54, 1.807) is 18.7 Å². The first-order valence-electron chi connectivity index (χ1n) is 5.93. The van der Waals surface area contributed by atoms with Crippen LogP contribution in [-0.2, 0) is 4.74 Å². The predicted octanol–water partition coefficient (Wildman–Crippen LogP) is 3.65. The summed E-state index contributed by atoms with van der Waals surface area (Å²) in [4.78, 5) is 1.18. The van der Waals surface area contributed by atoms with Crippen LogP contribution in [0.15, 0.2) is 29.2 Å². The average Bonchev–Trinajstić information content (AvgIpc) is 2.23. The first-order valence-corrected chi connectivity index (χ1v) is 6.92. The van der Waals surface area contributed by atoms with Gasteiger partial charge in [0.05, 0.1) is 18.3 Å². The van der Waals surface area contributed by atoms with E-state index >= 15 is 0 Å². The summed E-state index contributed by atoms with van der Waals surface area (Å²) in [5, 5.41) is 9.49. The van der Waals surface area contributed by atoms with E-state index in [9.17, 15) is 5.11 Å². The fourth-order valence-corrected chi connectivity index (χ4v) is 2.17. The monoisotopic (exact) mass is 254 g/mol. The number of benzene rings is 1. The molecule has 0 aliphatic rings. The van der Waals surface area contributed by atoms with E-state index in [2.05, 4.69) is 26.8 Å². The van der Waals surface area contributed by atoms with Gasteiger partial charge in [0.25, 0.3) is 0 Å². The van der Waals surface area contributed by atoms with Crippen molar-refractivity contribution in [2.45, 2.75) is 44.3 Å². The molecule has 3 heteroatoms. The number of thioether (sulfide) groups is 1. The highest BCUT2D eigenvalue weighted by atomic mass is 32.2. The lowest BCUT2D eigenvalue weighted by atomic mass is 10.1. The summed E-state index contributed by atoms with van der Waals surface area (Å²) in [6.07, 6.45) is -0.402. The van der Waals surface area contributed by atoms with Crippen LogP contribution < -0.4 is 0 Å². The Bertz CT molecular complexity index is 342. The quantitative estimate of drug-likeness (QED) is 0.642. The second-order valence-electron chi connectivity index (χ2n) is 5.06. The number of hydrogen-bond acceptors (Lipinski definition) is 3. The summed E-state index contributed by atoms with van der Waals surface area (Å²) >= 11 is 1.76. The van der Waals surface area contributed by atoms with Crippen molar-refractivity contribution in [2.75, 3.05) is 12.4 Å². The first-order chi connectivity index (χ1) is 7.88. The van der Waals surface area contributed by atoms with E-state index in [-0.39, 0.29) is 5.60 Å². The number of ether oxygens (including phenoxy) is 1. The molecule has 0 aliphatic heterocycles. The molecular weight excluding hydrogens is 232 g/mol. The Hall–Kier alpha value is -0.510. The molecular formula is C14H22O2S. The van der Waals surface area contributed by atoms with Gasteiger partial charge in [-0.05, 0) is 45.4 Å². The van der Waals surface area contributed by atoms with E-state index < -0.39 is 6.10 Å². The minimum absolute atomic E-state index is 0.0674. The molecule has 17 heavy (non-hydrogen) atoms. The zero-order valence-corrected chi connectivity index (χ0v) is 11.9. The summed E-state index contributed by atoms with van der Waals surface area (Å²) in [7, 11) is 0. The van der Waals surface area contributed by atoms with Crippen molar-refractivity contribution in [3.8, 4) is 0 Å². The predicted molar refractivity (Wildman–Crippen MR) is 73.5 cm³/mol. The van der Waals surface area contributed by atoms with Gasteiger partial charge in [-0.3, -0.25) is 0 Å². The summed E-state index contributed by atoms with van der Waals surface area (Å²) < 4.78 is 5.66. The van der Waals surface area contributed by atoms with Crippen molar-refractivity contribution < 1.29 is 9.84 Å². The maximum Gasteiger partial charge on any atom is 0.0762 e. The van der Waals surface area contributed by atoms with E-state index in [4.69, 9.17) is 4.74 Å². The Labute approximate surface area is 108 Å². The Kier molecular flexibility index (Phi) is 5.50. The Balaban J connectivity index is 2.39. The summed E-state index contributed by atoms with van der Waals surface area (Å²) in [6, 6.07) is 8.02. The van der Waals surface area contributed by atoms with Crippen molar-refractivity contribution in [2.24, 2.45) is 0 Å². The van der Waals surface area contributed by atoms with Gasteiger partial charge in [0.2, 0.25) is 0 Å². The van der Waals surface area contributed by atoms with Gasteiger partial charge in [0.15, 0.2) is 0 Å². The van der Waals surface area contributed by atoms with Gasteiger partial charge in [0, 0.05) is 10.6 Å². The SMILES string of the molecule is CC(O)c1cccc(SCCOC(C)(C)C)c1.